The lowest BCUT2D eigenvalue weighted by atomic mass is 10.1. The minimum Gasteiger partial charge on any atom is -0.496 e. The van der Waals surface area contributed by atoms with E-state index in [0.717, 1.165) is 11.1 Å². The zero-order chi connectivity index (χ0) is 18.3. The van der Waals surface area contributed by atoms with Gasteiger partial charge in [0.25, 0.3) is 0 Å². The van der Waals surface area contributed by atoms with Crippen LogP contribution in [0.15, 0.2) is 18.2 Å². The number of ether oxygens (including phenoxy) is 2. The maximum absolute atomic E-state index is 12.1. The van der Waals surface area contributed by atoms with E-state index in [4.69, 9.17) is 9.47 Å². The van der Waals surface area contributed by atoms with Crippen LogP contribution in [-0.4, -0.2) is 42.3 Å². The molecule has 0 aliphatic carbocycles. The van der Waals surface area contributed by atoms with Crippen LogP contribution in [0.3, 0.4) is 0 Å². The van der Waals surface area contributed by atoms with Crippen LogP contribution in [0.2, 0.25) is 0 Å². The Morgan fingerprint density at radius 3 is 2.50 bits per heavy atom. The Balaban J connectivity index is 2.61. The van der Waals surface area contributed by atoms with Crippen molar-refractivity contribution in [1.29, 1.82) is 0 Å². The van der Waals surface area contributed by atoms with E-state index in [1.165, 1.54) is 0 Å². The summed E-state index contributed by atoms with van der Waals surface area (Å²) in [4.78, 5) is 23.4. The molecule has 24 heavy (non-hydrogen) atoms. The van der Waals surface area contributed by atoms with E-state index < -0.39 is 12.0 Å². The van der Waals surface area contributed by atoms with Crippen molar-refractivity contribution in [1.82, 2.24) is 5.32 Å². The van der Waals surface area contributed by atoms with Crippen LogP contribution in [-0.2, 0) is 20.7 Å². The number of rotatable bonds is 8. The average molecular weight is 337 g/mol. The van der Waals surface area contributed by atoms with E-state index in [0.29, 0.717) is 5.75 Å². The Kier molecular flexibility index (Phi) is 7.22. The number of hydrogen-bond donors (Lipinski definition) is 2. The molecule has 1 amide bonds. The monoisotopic (exact) mass is 337 g/mol. The molecular weight excluding hydrogens is 310 g/mol. The third-order valence-electron chi connectivity index (χ3n) is 3.41. The van der Waals surface area contributed by atoms with Crippen molar-refractivity contribution in [2.24, 2.45) is 0 Å². The summed E-state index contributed by atoms with van der Waals surface area (Å²) in [5, 5.41) is 11.8. The molecule has 6 heteroatoms. The summed E-state index contributed by atoms with van der Waals surface area (Å²) in [5.41, 5.74) is 1.40. The van der Waals surface area contributed by atoms with Crippen molar-refractivity contribution in [2.45, 2.75) is 52.2 Å². The first-order valence-corrected chi connectivity index (χ1v) is 7.92. The molecule has 0 bridgehead atoms. The molecule has 0 aliphatic rings. The molecule has 0 saturated carbocycles. The molecule has 0 aliphatic heterocycles. The molecule has 0 heterocycles. The number of aryl methyl sites for hydroxylation is 1. The lowest BCUT2D eigenvalue weighted by molar-refractivity contribution is -0.142. The van der Waals surface area contributed by atoms with Gasteiger partial charge >= 0.3 is 5.97 Å². The van der Waals surface area contributed by atoms with E-state index in [1.807, 2.05) is 39.8 Å². The maximum atomic E-state index is 12.1. The summed E-state index contributed by atoms with van der Waals surface area (Å²) < 4.78 is 10.8. The summed E-state index contributed by atoms with van der Waals surface area (Å²) in [7, 11) is 1.57. The van der Waals surface area contributed by atoms with Gasteiger partial charge in [0, 0.05) is 13.0 Å². The van der Waals surface area contributed by atoms with Crippen molar-refractivity contribution in [2.75, 3.05) is 13.7 Å². The van der Waals surface area contributed by atoms with E-state index in [-0.39, 0.29) is 31.0 Å². The minimum absolute atomic E-state index is 0.0978. The lowest BCUT2D eigenvalue weighted by Crippen LogP contribution is -2.42. The topological polar surface area (TPSA) is 84.9 Å². The number of carboxylic acids is 1. The molecule has 134 valence electrons. The molecule has 1 aromatic carbocycles. The molecule has 1 atom stereocenters. The molecule has 0 aromatic heterocycles. The Labute approximate surface area is 143 Å². The van der Waals surface area contributed by atoms with Gasteiger partial charge in [-0.05, 0) is 44.9 Å². The third-order valence-corrected chi connectivity index (χ3v) is 3.41. The van der Waals surface area contributed by atoms with Gasteiger partial charge in [-0.25, -0.2) is 4.79 Å². The van der Waals surface area contributed by atoms with Crippen LogP contribution in [0.5, 0.6) is 5.75 Å². The number of carbonyl (C=O) groups excluding carboxylic acids is 1. The Morgan fingerprint density at radius 2 is 1.96 bits per heavy atom. The molecule has 0 fully saturated rings. The summed E-state index contributed by atoms with van der Waals surface area (Å²) >= 11 is 0. The van der Waals surface area contributed by atoms with Crippen LogP contribution in [0.1, 0.15) is 38.3 Å². The number of carbonyl (C=O) groups is 2. The van der Waals surface area contributed by atoms with Crippen molar-refractivity contribution in [3.8, 4) is 5.75 Å². The zero-order valence-electron chi connectivity index (χ0n) is 15.0. The predicted molar refractivity (Wildman–Crippen MR) is 91.3 cm³/mol. The second-order valence-electron chi connectivity index (χ2n) is 6.69. The average Bonchev–Trinajstić information content (AvgIpc) is 2.46. The highest BCUT2D eigenvalue weighted by molar-refractivity contribution is 5.84. The highest BCUT2D eigenvalue weighted by Gasteiger charge is 2.21. The molecule has 0 saturated heterocycles. The third kappa shape index (κ3) is 7.00. The van der Waals surface area contributed by atoms with Gasteiger partial charge in [0.15, 0.2) is 0 Å². The number of aliphatic carboxylic acids is 1. The maximum Gasteiger partial charge on any atom is 0.326 e. The first-order valence-electron chi connectivity index (χ1n) is 7.92. The molecule has 1 unspecified atom stereocenters. The molecule has 0 spiro atoms. The quantitative estimate of drug-likeness (QED) is 0.760. The van der Waals surface area contributed by atoms with Crippen LogP contribution in [0.4, 0.5) is 0 Å². The number of nitrogens with one attached hydrogen (secondary N) is 1. The summed E-state index contributed by atoms with van der Waals surface area (Å²) in [6.07, 6.45) is 0.316. The summed E-state index contributed by atoms with van der Waals surface area (Å²) in [6, 6.07) is 4.52. The van der Waals surface area contributed by atoms with Crippen molar-refractivity contribution in [3.63, 3.8) is 0 Å². The molecule has 0 radical (unpaired) electrons. The van der Waals surface area contributed by atoms with Gasteiger partial charge in [0.2, 0.25) is 5.91 Å². The first-order chi connectivity index (χ1) is 11.1. The van der Waals surface area contributed by atoms with E-state index in [1.54, 1.807) is 13.2 Å². The second-order valence-corrected chi connectivity index (χ2v) is 6.69. The number of amides is 1. The van der Waals surface area contributed by atoms with E-state index in [9.17, 15) is 14.7 Å². The highest BCUT2D eigenvalue weighted by Crippen LogP contribution is 2.19. The van der Waals surface area contributed by atoms with Crippen molar-refractivity contribution in [3.05, 3.63) is 29.3 Å². The van der Waals surface area contributed by atoms with E-state index >= 15 is 0 Å². The van der Waals surface area contributed by atoms with Crippen LogP contribution in [0, 0.1) is 6.92 Å². The Morgan fingerprint density at radius 1 is 1.29 bits per heavy atom. The fraction of sp³-hybridized carbons (Fsp3) is 0.556. The number of hydrogen-bond acceptors (Lipinski definition) is 4. The summed E-state index contributed by atoms with van der Waals surface area (Å²) in [6.45, 7) is 7.86. The van der Waals surface area contributed by atoms with Crippen LogP contribution in [0.25, 0.3) is 0 Å². The minimum atomic E-state index is -1.07. The fourth-order valence-electron chi connectivity index (χ4n) is 2.15. The first kappa shape index (κ1) is 20.0. The van der Waals surface area contributed by atoms with Crippen LogP contribution >= 0.6 is 0 Å². The smallest absolute Gasteiger partial charge is 0.326 e. The van der Waals surface area contributed by atoms with Crippen molar-refractivity contribution >= 4 is 11.9 Å². The molecular formula is C18H27NO5. The normalized spacial score (nSPS) is 12.5. The highest BCUT2D eigenvalue weighted by atomic mass is 16.5. The molecule has 6 nitrogen and oxygen atoms in total. The van der Waals surface area contributed by atoms with Gasteiger partial charge in [-0.1, -0.05) is 12.1 Å². The van der Waals surface area contributed by atoms with Crippen molar-refractivity contribution < 1.29 is 24.2 Å². The van der Waals surface area contributed by atoms with E-state index in [2.05, 4.69) is 5.32 Å². The number of methoxy groups -OCH3 is 1. The number of benzene rings is 1. The summed E-state index contributed by atoms with van der Waals surface area (Å²) in [5.74, 6) is -0.708. The number of carboxylic acid groups (broad SMARTS) is 1. The lowest BCUT2D eigenvalue weighted by Gasteiger charge is -2.21. The Bertz CT molecular complexity index is 577. The predicted octanol–water partition coefficient (Wildman–Crippen LogP) is 2.32. The SMILES string of the molecule is COc1cc(CC(=O)NC(CCOC(C)(C)C)C(=O)O)ccc1C. The fourth-order valence-corrected chi connectivity index (χ4v) is 2.15. The van der Waals surface area contributed by atoms with Gasteiger partial charge in [-0.2, -0.15) is 0 Å². The zero-order valence-corrected chi connectivity index (χ0v) is 15.0. The van der Waals surface area contributed by atoms with Gasteiger partial charge in [-0.3, -0.25) is 4.79 Å². The largest absolute Gasteiger partial charge is 0.496 e. The molecule has 2 N–H and O–H groups in total. The Hall–Kier alpha value is -2.08. The standard InChI is InChI=1S/C18H27NO5/c1-12-6-7-13(10-15(12)23-5)11-16(20)19-14(17(21)22)8-9-24-18(2,3)4/h6-7,10,14H,8-9,11H2,1-5H3,(H,19,20)(H,21,22). The van der Waals surface area contributed by atoms with Gasteiger partial charge in [0.05, 0.1) is 19.1 Å². The van der Waals surface area contributed by atoms with Crippen LogP contribution < -0.4 is 10.1 Å². The van der Waals surface area contributed by atoms with Gasteiger partial charge in [-0.15, -0.1) is 0 Å². The second kappa shape index (κ2) is 8.68. The van der Waals surface area contributed by atoms with Gasteiger partial charge < -0.3 is 19.9 Å². The molecule has 1 rings (SSSR count). The van der Waals surface area contributed by atoms with Gasteiger partial charge in [0.1, 0.15) is 11.8 Å². The molecule has 1 aromatic rings.